The van der Waals surface area contributed by atoms with E-state index in [9.17, 15) is 9.59 Å². The number of ether oxygens (including phenoxy) is 2. The van der Waals surface area contributed by atoms with E-state index in [-0.39, 0.29) is 0 Å². The lowest BCUT2D eigenvalue weighted by atomic mass is 10.1. The highest BCUT2D eigenvalue weighted by Crippen LogP contribution is 2.01. The first-order valence-electron chi connectivity index (χ1n) is 6.17. The van der Waals surface area contributed by atoms with Crippen LogP contribution in [0.5, 0.6) is 0 Å². The van der Waals surface area contributed by atoms with E-state index >= 15 is 0 Å². The Morgan fingerprint density at radius 3 is 1.89 bits per heavy atom. The molecule has 2 N–H and O–H groups in total. The topological polar surface area (TPSA) is 93.1 Å². The van der Waals surface area contributed by atoms with Gasteiger partial charge < -0.3 is 19.7 Å². The second-order valence-electron chi connectivity index (χ2n) is 5.08. The Morgan fingerprint density at radius 2 is 1.68 bits per heavy atom. The zero-order valence-corrected chi connectivity index (χ0v) is 12.6. The summed E-state index contributed by atoms with van der Waals surface area (Å²) in [5, 5.41) is 17.5. The molecule has 0 fully saturated rings. The molecule has 19 heavy (non-hydrogen) atoms. The van der Waals surface area contributed by atoms with Gasteiger partial charge in [-0.05, 0) is 33.1 Å². The van der Waals surface area contributed by atoms with E-state index in [1.807, 2.05) is 0 Å². The Labute approximate surface area is 114 Å². The molecule has 0 heterocycles. The Hall–Kier alpha value is -1.14. The summed E-state index contributed by atoms with van der Waals surface area (Å²) in [5.41, 5.74) is -1.35. The van der Waals surface area contributed by atoms with Crippen molar-refractivity contribution >= 4 is 11.9 Å². The highest BCUT2D eigenvalue weighted by molar-refractivity contribution is 5.77. The van der Waals surface area contributed by atoms with Crippen LogP contribution >= 0.6 is 0 Å². The third-order valence-corrected chi connectivity index (χ3v) is 1.97. The van der Waals surface area contributed by atoms with Crippen molar-refractivity contribution in [2.24, 2.45) is 5.92 Å². The predicted octanol–water partition coefficient (Wildman–Crippen LogP) is 0.887. The molecule has 0 bridgehead atoms. The minimum absolute atomic E-state index is 0.404. The van der Waals surface area contributed by atoms with E-state index in [1.165, 1.54) is 27.9 Å². The van der Waals surface area contributed by atoms with Gasteiger partial charge >= 0.3 is 11.9 Å². The lowest BCUT2D eigenvalue weighted by Crippen LogP contribution is -2.31. The van der Waals surface area contributed by atoms with Crippen LogP contribution in [-0.4, -0.2) is 47.6 Å². The first kappa shape index (κ1) is 20.2. The SMILES string of the molecule is CC(C)CCOC(=O)C(C)O.COC(=O)C(C)(C)O. The molecule has 0 aromatic heterocycles. The van der Waals surface area contributed by atoms with Crippen molar-refractivity contribution in [1.82, 2.24) is 0 Å². The van der Waals surface area contributed by atoms with Gasteiger partial charge in [0, 0.05) is 0 Å². The number of carbonyl (C=O) groups excluding carboxylic acids is 2. The highest BCUT2D eigenvalue weighted by atomic mass is 16.5. The number of esters is 2. The fraction of sp³-hybridized carbons (Fsp3) is 0.846. The van der Waals surface area contributed by atoms with Crippen LogP contribution in [0, 0.1) is 5.92 Å². The number of hydrogen-bond donors (Lipinski definition) is 2. The average Bonchev–Trinajstić information content (AvgIpc) is 2.26. The largest absolute Gasteiger partial charge is 0.467 e. The highest BCUT2D eigenvalue weighted by Gasteiger charge is 2.23. The molecule has 6 nitrogen and oxygen atoms in total. The molecule has 0 saturated heterocycles. The normalized spacial score (nSPS) is 12.3. The van der Waals surface area contributed by atoms with Gasteiger partial charge in [0.25, 0.3) is 0 Å². The Bertz CT molecular complexity index is 265. The van der Waals surface area contributed by atoms with Gasteiger partial charge in [-0.2, -0.15) is 0 Å². The molecule has 0 spiro atoms. The van der Waals surface area contributed by atoms with E-state index in [0.29, 0.717) is 12.5 Å². The molecule has 0 amide bonds. The Morgan fingerprint density at radius 1 is 1.21 bits per heavy atom. The minimum atomic E-state index is -1.35. The Kier molecular flexibility index (Phi) is 10.4. The summed E-state index contributed by atoms with van der Waals surface area (Å²) in [5.74, 6) is -0.625. The summed E-state index contributed by atoms with van der Waals surface area (Å²) >= 11 is 0. The van der Waals surface area contributed by atoms with Crippen LogP contribution < -0.4 is 0 Å². The third kappa shape index (κ3) is 13.1. The van der Waals surface area contributed by atoms with Crippen LogP contribution in [0.15, 0.2) is 0 Å². The average molecular weight is 278 g/mol. The number of methoxy groups -OCH3 is 1. The van der Waals surface area contributed by atoms with Gasteiger partial charge in [0.1, 0.15) is 6.10 Å². The van der Waals surface area contributed by atoms with Crippen LogP contribution in [0.1, 0.15) is 41.0 Å². The third-order valence-electron chi connectivity index (χ3n) is 1.97. The van der Waals surface area contributed by atoms with Crippen LogP contribution in [-0.2, 0) is 19.1 Å². The van der Waals surface area contributed by atoms with Crippen molar-refractivity contribution in [2.45, 2.75) is 52.7 Å². The van der Waals surface area contributed by atoms with E-state index in [1.54, 1.807) is 0 Å². The molecular formula is C13H26O6. The van der Waals surface area contributed by atoms with Gasteiger partial charge in [-0.1, -0.05) is 13.8 Å². The zero-order valence-electron chi connectivity index (χ0n) is 12.6. The molecule has 0 aromatic carbocycles. The lowest BCUT2D eigenvalue weighted by molar-refractivity contribution is -0.158. The van der Waals surface area contributed by atoms with Crippen LogP contribution in [0.3, 0.4) is 0 Å². The van der Waals surface area contributed by atoms with Crippen molar-refractivity contribution in [1.29, 1.82) is 0 Å². The van der Waals surface area contributed by atoms with Crippen molar-refractivity contribution < 1.29 is 29.3 Å². The van der Waals surface area contributed by atoms with Gasteiger partial charge in [-0.25, -0.2) is 9.59 Å². The van der Waals surface area contributed by atoms with Gasteiger partial charge in [-0.3, -0.25) is 0 Å². The maximum atomic E-state index is 10.7. The van der Waals surface area contributed by atoms with E-state index in [4.69, 9.17) is 14.9 Å². The summed E-state index contributed by atoms with van der Waals surface area (Å²) < 4.78 is 8.95. The smallest absolute Gasteiger partial charge is 0.337 e. The fourth-order valence-corrected chi connectivity index (χ4v) is 0.766. The number of aliphatic hydroxyl groups is 2. The zero-order chi connectivity index (χ0) is 15.6. The summed E-state index contributed by atoms with van der Waals surface area (Å²) in [6.45, 7) is 8.66. The fourth-order valence-electron chi connectivity index (χ4n) is 0.766. The molecular weight excluding hydrogens is 252 g/mol. The maximum Gasteiger partial charge on any atom is 0.337 e. The summed E-state index contributed by atoms with van der Waals surface area (Å²) in [4.78, 5) is 21.0. The monoisotopic (exact) mass is 278 g/mol. The molecule has 0 aromatic rings. The number of hydrogen-bond acceptors (Lipinski definition) is 6. The van der Waals surface area contributed by atoms with Crippen LogP contribution in [0.25, 0.3) is 0 Å². The lowest BCUT2D eigenvalue weighted by Gasteiger charge is -2.12. The first-order chi connectivity index (χ1) is 8.52. The van der Waals surface area contributed by atoms with Crippen molar-refractivity contribution in [3.05, 3.63) is 0 Å². The minimum Gasteiger partial charge on any atom is -0.467 e. The molecule has 1 unspecified atom stereocenters. The van der Waals surface area contributed by atoms with Gasteiger partial charge in [-0.15, -0.1) is 0 Å². The quantitative estimate of drug-likeness (QED) is 0.725. The Balaban J connectivity index is 0. The molecule has 0 aliphatic heterocycles. The number of rotatable bonds is 5. The van der Waals surface area contributed by atoms with Crippen LogP contribution in [0.2, 0.25) is 0 Å². The van der Waals surface area contributed by atoms with Gasteiger partial charge in [0.05, 0.1) is 13.7 Å². The second-order valence-corrected chi connectivity index (χ2v) is 5.08. The van der Waals surface area contributed by atoms with Crippen molar-refractivity contribution in [3.8, 4) is 0 Å². The molecule has 0 radical (unpaired) electrons. The van der Waals surface area contributed by atoms with E-state index in [0.717, 1.165) is 6.42 Å². The van der Waals surface area contributed by atoms with Gasteiger partial charge in [0.15, 0.2) is 5.60 Å². The maximum absolute atomic E-state index is 10.7. The van der Waals surface area contributed by atoms with E-state index < -0.39 is 23.6 Å². The molecule has 114 valence electrons. The summed E-state index contributed by atoms with van der Waals surface area (Å²) in [6.07, 6.45) is -0.152. The van der Waals surface area contributed by atoms with Gasteiger partial charge in [0.2, 0.25) is 0 Å². The molecule has 1 atom stereocenters. The molecule has 0 saturated carbocycles. The first-order valence-corrected chi connectivity index (χ1v) is 6.17. The molecule has 0 rings (SSSR count). The van der Waals surface area contributed by atoms with Crippen LogP contribution in [0.4, 0.5) is 0 Å². The number of carbonyl (C=O) groups is 2. The second kappa shape index (κ2) is 9.75. The summed E-state index contributed by atoms with van der Waals surface area (Å²) in [6, 6.07) is 0. The standard InChI is InChI=1S/C8H16O3.C5H10O3/c1-6(2)4-5-11-8(10)7(3)9;1-5(2,7)4(6)8-3/h6-7,9H,4-5H2,1-3H3;7H,1-3H3. The van der Waals surface area contributed by atoms with E-state index in [2.05, 4.69) is 18.6 Å². The molecule has 0 aliphatic carbocycles. The molecule has 0 aliphatic rings. The molecule has 6 heteroatoms. The van der Waals surface area contributed by atoms with Crippen molar-refractivity contribution in [3.63, 3.8) is 0 Å². The summed E-state index contributed by atoms with van der Waals surface area (Å²) in [7, 11) is 1.24. The predicted molar refractivity (Wildman–Crippen MR) is 70.4 cm³/mol. The number of aliphatic hydroxyl groups excluding tert-OH is 1. The van der Waals surface area contributed by atoms with Crippen molar-refractivity contribution in [2.75, 3.05) is 13.7 Å².